The molecule has 3 spiro atoms. The van der Waals surface area contributed by atoms with Crippen molar-refractivity contribution in [3.05, 3.63) is 195 Å². The fourth-order valence-electron chi connectivity index (χ4n) is 14.7. The molecule has 0 radical (unpaired) electrons. The monoisotopic (exact) mass is 1410 g/mol. The molecule has 3 N–H and O–H groups in total. The van der Waals surface area contributed by atoms with Crippen molar-refractivity contribution in [3.63, 3.8) is 0 Å². The van der Waals surface area contributed by atoms with Crippen LogP contribution in [0, 0.1) is 51.3 Å². The van der Waals surface area contributed by atoms with Crippen LogP contribution in [-0.2, 0) is 43.2 Å². The number of thiocarbonyl (C=S) groups is 3. The third-order valence-corrected chi connectivity index (χ3v) is 22.5. The lowest BCUT2D eigenvalue weighted by Crippen LogP contribution is -2.55. The Labute approximate surface area is 610 Å². The Morgan fingerprint density at radius 1 is 0.475 bits per heavy atom. The van der Waals surface area contributed by atoms with Gasteiger partial charge < -0.3 is 30.7 Å². The summed E-state index contributed by atoms with van der Waals surface area (Å²) in [7, 11) is 3.33. The van der Waals surface area contributed by atoms with Crippen molar-refractivity contribution in [3.8, 4) is 0 Å². The van der Waals surface area contributed by atoms with Crippen LogP contribution in [0.5, 0.6) is 0 Å². The summed E-state index contributed by atoms with van der Waals surface area (Å²) >= 11 is 17.6. The van der Waals surface area contributed by atoms with Gasteiger partial charge in [0, 0.05) is 72.0 Å². The molecule has 6 fully saturated rings. The summed E-state index contributed by atoms with van der Waals surface area (Å²) in [6.07, 6.45) is 13.8. The van der Waals surface area contributed by atoms with Gasteiger partial charge >= 0.3 is 0 Å². The Balaban J connectivity index is 0.000000152. The molecule has 6 aromatic carbocycles. The number of nitrogens with one attached hydrogen (secondary N) is 3. The van der Waals surface area contributed by atoms with E-state index in [0.29, 0.717) is 43.8 Å². The highest BCUT2D eigenvalue weighted by atomic mass is 32.1. The van der Waals surface area contributed by atoms with Crippen LogP contribution in [0.3, 0.4) is 0 Å². The van der Waals surface area contributed by atoms with Crippen LogP contribution in [0.1, 0.15) is 145 Å². The highest BCUT2D eigenvalue weighted by Gasteiger charge is 2.62. The van der Waals surface area contributed by atoms with Crippen molar-refractivity contribution in [1.82, 2.24) is 16.0 Å². The lowest BCUT2D eigenvalue weighted by Gasteiger charge is -2.43. The number of rotatable bonds is 18. The predicted molar refractivity (Wildman–Crippen MR) is 415 cm³/mol. The third kappa shape index (κ3) is 13.7. The maximum atomic E-state index is 13.6. The SMILES string of the molecule is [C-]#[N+]c1ccc(N2C(=O)C3(CCC3)N(c3ccc(CCC(C)(C)C(=O)NC)cc3)C2=S)cc1C.[C-]#[N+]c1ccc(N2C(=O)C3(CCC3)N(c3ccc(CCC(C)(C)C(=O)NC)cc3)C2=S)cc1C.[C-]#[N+]c1ccc(N2C(=O)C3(CCC3)N(c3ccc(CCCC4=NCCN4)cc3)C2=S)cc1C. The molecule has 101 heavy (non-hydrogen) atoms. The Bertz CT molecular complexity index is 4270. The van der Waals surface area contributed by atoms with Crippen LogP contribution < -0.4 is 45.3 Å². The van der Waals surface area contributed by atoms with E-state index in [0.717, 1.165) is 172 Å². The molecule has 13 rings (SSSR count). The summed E-state index contributed by atoms with van der Waals surface area (Å²) in [5.74, 6) is 1.26. The van der Waals surface area contributed by atoms with E-state index in [1.54, 1.807) is 59.1 Å². The van der Waals surface area contributed by atoms with Gasteiger partial charge in [-0.2, -0.15) is 0 Å². The van der Waals surface area contributed by atoms with Gasteiger partial charge in [-0.3, -0.25) is 43.7 Å². The summed E-state index contributed by atoms with van der Waals surface area (Å²) in [5, 5.41) is 10.3. The highest BCUT2D eigenvalue weighted by molar-refractivity contribution is 7.81. The van der Waals surface area contributed by atoms with Crippen molar-refractivity contribution in [1.29, 1.82) is 0 Å². The molecule has 4 heterocycles. The molecule has 21 heteroatoms. The van der Waals surface area contributed by atoms with Crippen LogP contribution in [-0.4, -0.2) is 94.5 Å². The third-order valence-electron chi connectivity index (χ3n) is 21.4. The average Bonchev–Trinajstić information content (AvgIpc) is 1.57. The summed E-state index contributed by atoms with van der Waals surface area (Å²) in [6.45, 7) is 37.2. The molecule has 18 nitrogen and oxygen atoms in total. The van der Waals surface area contributed by atoms with E-state index in [4.69, 9.17) is 56.4 Å². The van der Waals surface area contributed by atoms with Crippen molar-refractivity contribution in [2.24, 2.45) is 15.8 Å². The highest BCUT2D eigenvalue weighted by Crippen LogP contribution is 2.51. The van der Waals surface area contributed by atoms with Crippen LogP contribution in [0.4, 0.5) is 51.2 Å². The molecule has 5 amide bonds. The van der Waals surface area contributed by atoms with Crippen molar-refractivity contribution in [2.45, 2.75) is 168 Å². The number of carbonyl (C=O) groups is 5. The van der Waals surface area contributed by atoms with Gasteiger partial charge in [0.1, 0.15) is 16.6 Å². The molecule has 3 saturated heterocycles. The summed E-state index contributed by atoms with van der Waals surface area (Å²) in [6, 6.07) is 41.2. The molecule has 520 valence electrons. The molecule has 6 aromatic rings. The zero-order valence-electron chi connectivity index (χ0n) is 59.1. The standard InChI is InChI=1S/2C27H30N4O2S.C26H27N5OS/c2*1-18-17-21(11-12-22(18)28-4)30-24(33)27(14-6-15-27)31(25(30)34)20-9-7-19(8-10-20)13-16-26(2,3)23(32)29-5;1-18-17-21(11-12-22(18)27-2)30-24(32)26(13-4-14-26)31(25(30)33)20-9-7-19(8-10-20)5-3-6-23-28-15-16-29-23/h2*7-12,17H,6,13-16H2,1-3,5H3,(H,29,32);7-12,17H,3-6,13-16H2,1H3,(H,28,29). The minimum atomic E-state index is -0.633. The normalized spacial score (nSPS) is 17.6. The number of hydrogen-bond donors (Lipinski definition) is 3. The smallest absolute Gasteiger partial charge is 0.259 e. The Morgan fingerprint density at radius 2 is 0.772 bits per heavy atom. The quantitative estimate of drug-likeness (QED) is 0.0551. The second-order valence-electron chi connectivity index (χ2n) is 28.7. The fraction of sp³-hybridized carbons (Fsp3) is 0.400. The number of nitrogens with zero attached hydrogens (tertiary/aromatic N) is 10. The topological polar surface area (TPSA) is 166 Å². The van der Waals surface area contributed by atoms with Gasteiger partial charge in [0.15, 0.2) is 32.4 Å². The number of amides is 5. The van der Waals surface area contributed by atoms with Crippen LogP contribution in [0.25, 0.3) is 14.5 Å². The molecule has 0 aromatic heterocycles. The first kappa shape index (κ1) is 72.5. The molecule has 4 aliphatic heterocycles. The van der Waals surface area contributed by atoms with E-state index >= 15 is 0 Å². The second-order valence-corrected chi connectivity index (χ2v) is 29.8. The number of amidine groups is 1. The van der Waals surface area contributed by atoms with Gasteiger partial charge in [-0.15, -0.1) is 0 Å². The zero-order valence-corrected chi connectivity index (χ0v) is 61.5. The van der Waals surface area contributed by atoms with Gasteiger partial charge in [0.05, 0.1) is 32.1 Å². The minimum absolute atomic E-state index is 0.00937. The number of hydrogen-bond acceptors (Lipinski definition) is 10. The van der Waals surface area contributed by atoms with Gasteiger partial charge in [0.2, 0.25) is 11.8 Å². The number of benzene rings is 6. The van der Waals surface area contributed by atoms with Gasteiger partial charge in [-0.1, -0.05) is 82.3 Å². The van der Waals surface area contributed by atoms with Gasteiger partial charge in [-0.05, 0) is 260 Å². The first-order valence-corrected chi connectivity index (χ1v) is 36.0. The lowest BCUT2D eigenvalue weighted by atomic mass is 9.75. The molecule has 0 bridgehead atoms. The lowest BCUT2D eigenvalue weighted by molar-refractivity contribution is -0.129. The fourth-order valence-corrected chi connectivity index (χ4v) is 16.1. The minimum Gasteiger partial charge on any atom is -0.372 e. The van der Waals surface area contributed by atoms with Crippen molar-refractivity contribution >= 4 is 139 Å². The Kier molecular flexibility index (Phi) is 21.2. The first-order valence-electron chi connectivity index (χ1n) is 34.8. The number of aryl methyl sites for hydroxylation is 6. The Morgan fingerprint density at radius 3 is 1.02 bits per heavy atom. The van der Waals surface area contributed by atoms with Gasteiger partial charge in [0.25, 0.3) is 17.7 Å². The summed E-state index contributed by atoms with van der Waals surface area (Å²) in [5.41, 5.74) is 10.0. The molecule has 7 aliphatic rings. The second kappa shape index (κ2) is 29.5. The van der Waals surface area contributed by atoms with Crippen molar-refractivity contribution < 1.29 is 24.0 Å². The van der Waals surface area contributed by atoms with E-state index in [2.05, 4.69) is 88.9 Å². The molecule has 3 aliphatic carbocycles. The zero-order chi connectivity index (χ0) is 72.3. The van der Waals surface area contributed by atoms with E-state index < -0.39 is 27.4 Å². The number of anilines is 6. The predicted octanol–water partition coefficient (Wildman–Crippen LogP) is 15.6. The van der Waals surface area contributed by atoms with Crippen LogP contribution >= 0.6 is 36.7 Å². The first-order chi connectivity index (χ1) is 48.3. The Hall–Kier alpha value is -9.72. The van der Waals surface area contributed by atoms with Crippen LogP contribution in [0.2, 0.25) is 0 Å². The van der Waals surface area contributed by atoms with E-state index in [-0.39, 0.29) is 29.5 Å². The molecular formula is C80H87N13O5S3. The van der Waals surface area contributed by atoms with Crippen molar-refractivity contribution in [2.75, 3.05) is 56.6 Å². The molecular weight excluding hydrogens is 1320 g/mol. The maximum absolute atomic E-state index is 13.6. The molecule has 0 unspecified atom stereocenters. The van der Waals surface area contributed by atoms with E-state index in [9.17, 15) is 24.0 Å². The number of aliphatic imine (C=N–C) groups is 1. The van der Waals surface area contributed by atoms with E-state index in [1.165, 1.54) is 5.56 Å². The average molecular weight is 1410 g/mol. The van der Waals surface area contributed by atoms with E-state index in [1.807, 2.05) is 107 Å². The largest absolute Gasteiger partial charge is 0.372 e. The maximum Gasteiger partial charge on any atom is 0.259 e. The van der Waals surface area contributed by atoms with Crippen LogP contribution in [0.15, 0.2) is 132 Å². The molecule has 0 atom stereocenters. The number of carbonyl (C=O) groups excluding carboxylic acids is 5. The summed E-state index contributed by atoms with van der Waals surface area (Å²) < 4.78 is 0. The van der Waals surface area contributed by atoms with Gasteiger partial charge in [-0.25, -0.2) is 14.5 Å². The molecule has 3 saturated carbocycles. The summed E-state index contributed by atoms with van der Waals surface area (Å²) in [4.78, 5) is 91.2.